The molecule has 1 aliphatic rings. The van der Waals surface area contributed by atoms with Crippen LogP contribution in [0.4, 0.5) is 13.2 Å². The number of alkyl halides is 3. The lowest BCUT2D eigenvalue weighted by Gasteiger charge is -2.11. The number of hydrogen-bond donors (Lipinski definition) is 3. The highest BCUT2D eigenvalue weighted by Crippen LogP contribution is 2.11. The van der Waals surface area contributed by atoms with E-state index >= 15 is 0 Å². The van der Waals surface area contributed by atoms with Crippen LogP contribution < -0.4 is 16.0 Å². The normalized spacial score (nSPS) is 20.7. The van der Waals surface area contributed by atoms with Crippen LogP contribution in [0.1, 0.15) is 6.42 Å². The third kappa shape index (κ3) is 4.96. The SMILES string of the molecule is O=C1CC(NC(=O)CNCC(F)(F)F)CN1. The molecule has 1 unspecified atom stereocenters. The van der Waals surface area contributed by atoms with E-state index in [4.69, 9.17) is 0 Å². The van der Waals surface area contributed by atoms with Crippen molar-refractivity contribution >= 4 is 11.8 Å². The molecule has 1 saturated heterocycles. The van der Waals surface area contributed by atoms with Crippen LogP contribution in [-0.2, 0) is 9.59 Å². The number of rotatable bonds is 4. The van der Waals surface area contributed by atoms with Crippen LogP contribution in [0, 0.1) is 0 Å². The quantitative estimate of drug-likeness (QED) is 0.598. The highest BCUT2D eigenvalue weighted by Gasteiger charge is 2.27. The number of halogens is 3. The number of nitrogens with one attached hydrogen (secondary N) is 3. The molecule has 5 nitrogen and oxygen atoms in total. The lowest BCUT2D eigenvalue weighted by atomic mass is 10.2. The molecular weight excluding hydrogens is 227 g/mol. The second-order valence-corrected chi connectivity index (χ2v) is 3.49. The van der Waals surface area contributed by atoms with Gasteiger partial charge >= 0.3 is 6.18 Å². The summed E-state index contributed by atoms with van der Waals surface area (Å²) in [6, 6.07) is -0.326. The van der Waals surface area contributed by atoms with E-state index < -0.39 is 25.2 Å². The molecule has 0 radical (unpaired) electrons. The lowest BCUT2D eigenvalue weighted by Crippen LogP contribution is -2.43. The van der Waals surface area contributed by atoms with Crippen molar-refractivity contribution in [3.8, 4) is 0 Å². The molecule has 0 spiro atoms. The Bertz CT molecular complexity index is 280. The second-order valence-electron chi connectivity index (χ2n) is 3.49. The molecule has 0 aromatic carbocycles. The van der Waals surface area contributed by atoms with Gasteiger partial charge in [0.15, 0.2) is 0 Å². The van der Waals surface area contributed by atoms with Crippen molar-refractivity contribution in [3.05, 3.63) is 0 Å². The van der Waals surface area contributed by atoms with Gasteiger partial charge in [0, 0.05) is 13.0 Å². The van der Waals surface area contributed by atoms with Crippen molar-refractivity contribution in [2.75, 3.05) is 19.6 Å². The van der Waals surface area contributed by atoms with Crippen LogP contribution in [-0.4, -0.2) is 43.7 Å². The van der Waals surface area contributed by atoms with Crippen LogP contribution in [0.2, 0.25) is 0 Å². The van der Waals surface area contributed by atoms with E-state index in [1.807, 2.05) is 5.32 Å². The summed E-state index contributed by atoms with van der Waals surface area (Å²) in [5, 5.41) is 6.91. The summed E-state index contributed by atoms with van der Waals surface area (Å²) in [6.07, 6.45) is -4.16. The third-order valence-corrected chi connectivity index (χ3v) is 1.95. The fourth-order valence-corrected chi connectivity index (χ4v) is 1.30. The Morgan fingerprint density at radius 3 is 2.69 bits per heavy atom. The highest BCUT2D eigenvalue weighted by molar-refractivity contribution is 5.82. The summed E-state index contributed by atoms with van der Waals surface area (Å²) < 4.78 is 35.1. The first-order valence-electron chi connectivity index (χ1n) is 4.70. The zero-order valence-electron chi connectivity index (χ0n) is 8.36. The van der Waals surface area contributed by atoms with Gasteiger partial charge < -0.3 is 16.0 Å². The van der Waals surface area contributed by atoms with E-state index in [0.717, 1.165) is 0 Å². The standard InChI is InChI=1S/C8H12F3N3O2/c9-8(10,11)4-12-3-7(16)14-5-1-6(15)13-2-5/h5,12H,1-4H2,(H,13,15)(H,14,16). The van der Waals surface area contributed by atoms with E-state index in [2.05, 4.69) is 10.6 Å². The third-order valence-electron chi connectivity index (χ3n) is 1.95. The molecule has 1 aliphatic heterocycles. The van der Waals surface area contributed by atoms with Crippen LogP contribution in [0.3, 0.4) is 0 Å². The van der Waals surface area contributed by atoms with Crippen molar-refractivity contribution < 1.29 is 22.8 Å². The summed E-state index contributed by atoms with van der Waals surface area (Å²) in [5.74, 6) is -0.723. The molecule has 0 saturated carbocycles. The monoisotopic (exact) mass is 239 g/mol. The van der Waals surface area contributed by atoms with Crippen LogP contribution in [0.15, 0.2) is 0 Å². The van der Waals surface area contributed by atoms with Crippen molar-refractivity contribution in [2.45, 2.75) is 18.6 Å². The number of carbonyl (C=O) groups is 2. The summed E-state index contributed by atoms with van der Waals surface area (Å²) >= 11 is 0. The molecule has 1 heterocycles. The molecule has 0 aliphatic carbocycles. The molecule has 0 bridgehead atoms. The molecule has 1 atom stereocenters. The molecule has 1 fully saturated rings. The van der Waals surface area contributed by atoms with E-state index in [1.165, 1.54) is 0 Å². The van der Waals surface area contributed by atoms with Gasteiger partial charge in [0.1, 0.15) is 0 Å². The Morgan fingerprint density at radius 2 is 2.19 bits per heavy atom. The molecular formula is C8H12F3N3O2. The van der Waals surface area contributed by atoms with E-state index in [1.54, 1.807) is 0 Å². The van der Waals surface area contributed by atoms with Gasteiger partial charge in [0.25, 0.3) is 0 Å². The van der Waals surface area contributed by atoms with Gasteiger partial charge in [0.05, 0.1) is 19.1 Å². The second kappa shape index (κ2) is 5.15. The molecule has 3 N–H and O–H groups in total. The van der Waals surface area contributed by atoms with E-state index in [-0.39, 0.29) is 18.4 Å². The molecule has 0 aromatic heterocycles. The van der Waals surface area contributed by atoms with Gasteiger partial charge in [-0.3, -0.25) is 9.59 Å². The molecule has 2 amide bonds. The summed E-state index contributed by atoms with van der Waals surface area (Å²) in [5.41, 5.74) is 0. The smallest absolute Gasteiger partial charge is 0.354 e. The Hall–Kier alpha value is -1.31. The van der Waals surface area contributed by atoms with Crippen LogP contribution in [0.25, 0.3) is 0 Å². The Balaban J connectivity index is 2.14. The predicted octanol–water partition coefficient (Wildman–Crippen LogP) is -0.857. The first-order chi connectivity index (χ1) is 7.37. The minimum atomic E-state index is -4.33. The molecule has 0 aromatic rings. The first-order valence-corrected chi connectivity index (χ1v) is 4.70. The van der Waals surface area contributed by atoms with Gasteiger partial charge in [-0.05, 0) is 0 Å². The molecule has 16 heavy (non-hydrogen) atoms. The lowest BCUT2D eigenvalue weighted by molar-refractivity contribution is -0.128. The number of carbonyl (C=O) groups excluding carboxylic acids is 2. The fourth-order valence-electron chi connectivity index (χ4n) is 1.30. The summed E-state index contributed by atoms with van der Waals surface area (Å²) in [7, 11) is 0. The Kier molecular flexibility index (Phi) is 4.11. The molecule has 8 heteroatoms. The van der Waals surface area contributed by atoms with Gasteiger partial charge in [-0.1, -0.05) is 0 Å². The molecule has 1 rings (SSSR count). The van der Waals surface area contributed by atoms with E-state index in [9.17, 15) is 22.8 Å². The summed E-state index contributed by atoms with van der Waals surface area (Å²) in [6.45, 7) is -1.30. The van der Waals surface area contributed by atoms with Gasteiger partial charge in [-0.25, -0.2) is 0 Å². The predicted molar refractivity (Wildman–Crippen MR) is 48.5 cm³/mol. The zero-order chi connectivity index (χ0) is 12.2. The maximum atomic E-state index is 11.7. The van der Waals surface area contributed by atoms with Gasteiger partial charge in [0.2, 0.25) is 11.8 Å². The average Bonchev–Trinajstić information content (AvgIpc) is 2.48. The Morgan fingerprint density at radius 1 is 1.50 bits per heavy atom. The molecule has 92 valence electrons. The van der Waals surface area contributed by atoms with Gasteiger partial charge in [-0.2, -0.15) is 13.2 Å². The van der Waals surface area contributed by atoms with Gasteiger partial charge in [-0.15, -0.1) is 0 Å². The number of amides is 2. The maximum Gasteiger partial charge on any atom is 0.401 e. The summed E-state index contributed by atoms with van der Waals surface area (Å²) in [4.78, 5) is 21.9. The maximum absolute atomic E-state index is 11.7. The largest absolute Gasteiger partial charge is 0.401 e. The first kappa shape index (κ1) is 12.8. The zero-order valence-corrected chi connectivity index (χ0v) is 8.36. The Labute approximate surface area is 89.8 Å². The topological polar surface area (TPSA) is 70.2 Å². The van der Waals surface area contributed by atoms with Crippen molar-refractivity contribution in [3.63, 3.8) is 0 Å². The minimum absolute atomic E-state index is 0.172. The van der Waals surface area contributed by atoms with Crippen molar-refractivity contribution in [1.82, 2.24) is 16.0 Å². The number of hydrogen-bond acceptors (Lipinski definition) is 3. The minimum Gasteiger partial charge on any atom is -0.354 e. The van der Waals surface area contributed by atoms with Crippen molar-refractivity contribution in [2.24, 2.45) is 0 Å². The van der Waals surface area contributed by atoms with E-state index in [0.29, 0.717) is 6.54 Å². The van der Waals surface area contributed by atoms with Crippen LogP contribution in [0.5, 0.6) is 0 Å². The van der Waals surface area contributed by atoms with Crippen LogP contribution >= 0.6 is 0 Å². The average molecular weight is 239 g/mol. The highest BCUT2D eigenvalue weighted by atomic mass is 19.4. The fraction of sp³-hybridized carbons (Fsp3) is 0.750. The van der Waals surface area contributed by atoms with Crippen molar-refractivity contribution in [1.29, 1.82) is 0 Å².